The molecular formula is C11H16ClNO2. The van der Waals surface area contributed by atoms with Crippen LogP contribution in [-0.2, 0) is 6.54 Å². The second kappa shape index (κ2) is 5.24. The van der Waals surface area contributed by atoms with Gasteiger partial charge < -0.3 is 15.2 Å². The summed E-state index contributed by atoms with van der Waals surface area (Å²) < 4.78 is 10.9. The third kappa shape index (κ3) is 2.76. The smallest absolute Gasteiger partial charge is 0.167 e. The van der Waals surface area contributed by atoms with Crippen molar-refractivity contribution in [3.8, 4) is 11.5 Å². The first kappa shape index (κ1) is 12.1. The number of hydrogen-bond donors (Lipinski definition) is 1. The van der Waals surface area contributed by atoms with Crippen molar-refractivity contribution in [2.24, 2.45) is 5.73 Å². The zero-order valence-electron chi connectivity index (χ0n) is 9.21. The molecule has 2 N–H and O–H groups in total. The summed E-state index contributed by atoms with van der Waals surface area (Å²) in [6.07, 6.45) is 0.0580. The first-order valence-electron chi connectivity index (χ1n) is 4.82. The lowest BCUT2D eigenvalue weighted by Gasteiger charge is -2.17. The molecule has 0 saturated carbocycles. The van der Waals surface area contributed by atoms with Crippen LogP contribution in [0.25, 0.3) is 0 Å². The highest BCUT2D eigenvalue weighted by molar-refractivity contribution is 6.31. The Hall–Kier alpha value is -0.930. The molecule has 0 amide bonds. The van der Waals surface area contributed by atoms with Crippen LogP contribution in [0.15, 0.2) is 12.1 Å². The molecule has 0 unspecified atom stereocenters. The molecule has 0 bridgehead atoms. The molecule has 0 heterocycles. The van der Waals surface area contributed by atoms with Crippen molar-refractivity contribution < 1.29 is 9.47 Å². The average molecular weight is 230 g/mol. The van der Waals surface area contributed by atoms with Crippen molar-refractivity contribution in [3.63, 3.8) is 0 Å². The molecule has 0 spiro atoms. The monoisotopic (exact) mass is 229 g/mol. The highest BCUT2D eigenvalue weighted by Crippen LogP contribution is 2.36. The number of ether oxygens (including phenoxy) is 2. The SMILES string of the molecule is COc1ccc(Cl)c(CN)c1OC(C)C. The summed E-state index contributed by atoms with van der Waals surface area (Å²) in [7, 11) is 1.59. The largest absolute Gasteiger partial charge is 0.493 e. The van der Waals surface area contributed by atoms with E-state index in [0.717, 1.165) is 5.56 Å². The lowest BCUT2D eigenvalue weighted by atomic mass is 10.2. The van der Waals surface area contributed by atoms with Gasteiger partial charge in [0.05, 0.1) is 13.2 Å². The molecular weight excluding hydrogens is 214 g/mol. The molecule has 3 nitrogen and oxygen atoms in total. The van der Waals surface area contributed by atoms with Crippen LogP contribution in [0.1, 0.15) is 19.4 Å². The van der Waals surface area contributed by atoms with Gasteiger partial charge in [-0.15, -0.1) is 0 Å². The van der Waals surface area contributed by atoms with E-state index < -0.39 is 0 Å². The molecule has 1 aromatic rings. The number of hydrogen-bond acceptors (Lipinski definition) is 3. The maximum absolute atomic E-state index is 6.03. The predicted molar refractivity (Wildman–Crippen MR) is 61.7 cm³/mol. The van der Waals surface area contributed by atoms with E-state index in [2.05, 4.69) is 0 Å². The van der Waals surface area contributed by atoms with Crippen LogP contribution in [-0.4, -0.2) is 13.2 Å². The van der Waals surface area contributed by atoms with E-state index in [1.807, 2.05) is 13.8 Å². The average Bonchev–Trinajstić information content (AvgIpc) is 2.18. The molecule has 1 aromatic carbocycles. The summed E-state index contributed by atoms with van der Waals surface area (Å²) >= 11 is 6.03. The van der Waals surface area contributed by atoms with Gasteiger partial charge in [0.25, 0.3) is 0 Å². The zero-order chi connectivity index (χ0) is 11.4. The number of methoxy groups -OCH3 is 1. The summed E-state index contributed by atoms with van der Waals surface area (Å²) in [6.45, 7) is 4.22. The van der Waals surface area contributed by atoms with Crippen molar-refractivity contribution in [1.82, 2.24) is 0 Å². The third-order valence-electron chi connectivity index (χ3n) is 1.94. The summed E-state index contributed by atoms with van der Waals surface area (Å²) in [5.41, 5.74) is 6.41. The quantitative estimate of drug-likeness (QED) is 0.863. The van der Waals surface area contributed by atoms with Crippen molar-refractivity contribution in [1.29, 1.82) is 0 Å². The maximum Gasteiger partial charge on any atom is 0.167 e. The minimum Gasteiger partial charge on any atom is -0.493 e. The minimum atomic E-state index is 0.0580. The topological polar surface area (TPSA) is 44.5 Å². The van der Waals surface area contributed by atoms with Gasteiger partial charge in [-0.2, -0.15) is 0 Å². The van der Waals surface area contributed by atoms with Gasteiger partial charge in [0.2, 0.25) is 0 Å². The van der Waals surface area contributed by atoms with Gasteiger partial charge in [-0.05, 0) is 26.0 Å². The number of nitrogens with two attached hydrogens (primary N) is 1. The first-order valence-corrected chi connectivity index (χ1v) is 5.20. The second-order valence-corrected chi connectivity index (χ2v) is 3.84. The Morgan fingerprint density at radius 2 is 2.07 bits per heavy atom. The lowest BCUT2D eigenvalue weighted by Crippen LogP contribution is -2.11. The standard InChI is InChI=1S/C11H16ClNO2/c1-7(2)15-11-8(6-13)9(12)4-5-10(11)14-3/h4-5,7H,6,13H2,1-3H3. The van der Waals surface area contributed by atoms with Crippen LogP contribution in [0.5, 0.6) is 11.5 Å². The Bertz CT molecular complexity index is 340. The molecule has 0 radical (unpaired) electrons. The van der Waals surface area contributed by atoms with Gasteiger partial charge in [-0.3, -0.25) is 0 Å². The third-order valence-corrected chi connectivity index (χ3v) is 2.30. The molecule has 0 aliphatic heterocycles. The number of rotatable bonds is 4. The fourth-order valence-corrected chi connectivity index (χ4v) is 1.52. The fourth-order valence-electron chi connectivity index (χ4n) is 1.30. The van der Waals surface area contributed by atoms with Crippen LogP contribution in [0.2, 0.25) is 5.02 Å². The molecule has 84 valence electrons. The highest BCUT2D eigenvalue weighted by Gasteiger charge is 2.14. The highest BCUT2D eigenvalue weighted by atomic mass is 35.5. The van der Waals surface area contributed by atoms with Gasteiger partial charge in [-0.25, -0.2) is 0 Å². The summed E-state index contributed by atoms with van der Waals surface area (Å²) in [4.78, 5) is 0. The number of benzene rings is 1. The molecule has 1 rings (SSSR count). The van der Waals surface area contributed by atoms with Gasteiger partial charge in [0.15, 0.2) is 11.5 Å². The van der Waals surface area contributed by atoms with Crippen LogP contribution in [0.4, 0.5) is 0 Å². The Morgan fingerprint density at radius 1 is 1.40 bits per heavy atom. The summed E-state index contributed by atoms with van der Waals surface area (Å²) in [5, 5.41) is 0.606. The normalized spacial score (nSPS) is 10.5. The van der Waals surface area contributed by atoms with Crippen LogP contribution in [0, 0.1) is 0 Å². The van der Waals surface area contributed by atoms with Gasteiger partial charge >= 0.3 is 0 Å². The van der Waals surface area contributed by atoms with E-state index in [9.17, 15) is 0 Å². The Morgan fingerprint density at radius 3 is 2.53 bits per heavy atom. The van der Waals surface area contributed by atoms with Gasteiger partial charge in [0.1, 0.15) is 0 Å². The van der Waals surface area contributed by atoms with Gasteiger partial charge in [-0.1, -0.05) is 11.6 Å². The molecule has 0 fully saturated rings. The van der Waals surface area contributed by atoms with Crippen LogP contribution >= 0.6 is 11.6 Å². The van der Waals surface area contributed by atoms with Crippen molar-refractivity contribution >= 4 is 11.6 Å². The Balaban J connectivity index is 3.21. The second-order valence-electron chi connectivity index (χ2n) is 3.43. The Kier molecular flexibility index (Phi) is 4.24. The van der Waals surface area contributed by atoms with Crippen LogP contribution in [0.3, 0.4) is 0 Å². The number of halogens is 1. The van der Waals surface area contributed by atoms with Crippen molar-refractivity contribution in [2.45, 2.75) is 26.5 Å². The van der Waals surface area contributed by atoms with Gasteiger partial charge in [0, 0.05) is 17.1 Å². The van der Waals surface area contributed by atoms with E-state index in [1.165, 1.54) is 0 Å². The molecule has 0 aliphatic rings. The molecule has 0 aromatic heterocycles. The zero-order valence-corrected chi connectivity index (χ0v) is 9.97. The van der Waals surface area contributed by atoms with E-state index in [-0.39, 0.29) is 6.10 Å². The van der Waals surface area contributed by atoms with Crippen molar-refractivity contribution in [3.05, 3.63) is 22.7 Å². The first-order chi connectivity index (χ1) is 7.10. The molecule has 0 aliphatic carbocycles. The van der Waals surface area contributed by atoms with E-state index in [0.29, 0.717) is 23.1 Å². The van der Waals surface area contributed by atoms with E-state index >= 15 is 0 Å². The maximum atomic E-state index is 6.03. The molecule has 15 heavy (non-hydrogen) atoms. The van der Waals surface area contributed by atoms with Crippen molar-refractivity contribution in [2.75, 3.05) is 7.11 Å². The molecule has 4 heteroatoms. The summed E-state index contributed by atoms with van der Waals surface area (Å²) in [5.74, 6) is 1.30. The Labute approximate surface area is 95.1 Å². The van der Waals surface area contributed by atoms with Crippen LogP contribution < -0.4 is 15.2 Å². The predicted octanol–water partition coefficient (Wildman–Crippen LogP) is 2.59. The summed E-state index contributed by atoms with van der Waals surface area (Å²) in [6, 6.07) is 3.54. The molecule has 0 saturated heterocycles. The molecule has 0 atom stereocenters. The lowest BCUT2D eigenvalue weighted by molar-refractivity contribution is 0.227. The van der Waals surface area contributed by atoms with E-state index in [1.54, 1.807) is 19.2 Å². The minimum absolute atomic E-state index is 0.0580. The fraction of sp³-hybridized carbons (Fsp3) is 0.455. The van der Waals surface area contributed by atoms with E-state index in [4.69, 9.17) is 26.8 Å².